The van der Waals surface area contributed by atoms with Crippen molar-refractivity contribution in [2.75, 3.05) is 0 Å². The largest absolute Gasteiger partial charge is 0.454 e. The lowest BCUT2D eigenvalue weighted by atomic mass is 9.91. The number of aromatic nitrogens is 1. The molecule has 6 rings (SSSR count). The molecule has 0 radical (unpaired) electrons. The van der Waals surface area contributed by atoms with E-state index in [1.165, 1.54) is 11.1 Å². The Morgan fingerprint density at radius 2 is 1.43 bits per heavy atom. The Morgan fingerprint density at radius 1 is 0.703 bits per heavy atom. The molecule has 0 aliphatic carbocycles. The Balaban J connectivity index is 1.64. The SMILES string of the molecule is Cc1cc[n+](C)c(-c2c(C)ccc3c2oc2c(-c4ccc(-c5ccccc5)cc4C)c(C#N)ccc23)c1. The highest BCUT2D eigenvalue weighted by molar-refractivity contribution is 6.14. The van der Waals surface area contributed by atoms with Crippen LogP contribution in [0.4, 0.5) is 0 Å². The molecule has 0 bridgehead atoms. The Bertz CT molecular complexity index is 1870. The van der Waals surface area contributed by atoms with Crippen molar-refractivity contribution in [1.82, 2.24) is 0 Å². The molecule has 0 spiro atoms. The molecule has 3 nitrogen and oxygen atoms in total. The lowest BCUT2D eigenvalue weighted by Crippen LogP contribution is -2.30. The van der Waals surface area contributed by atoms with Crippen molar-refractivity contribution in [2.24, 2.45) is 7.05 Å². The van der Waals surface area contributed by atoms with Gasteiger partial charge < -0.3 is 4.42 Å². The van der Waals surface area contributed by atoms with Crippen LogP contribution in [-0.4, -0.2) is 0 Å². The predicted octanol–water partition coefficient (Wildman–Crippen LogP) is 8.21. The first-order valence-electron chi connectivity index (χ1n) is 12.5. The zero-order valence-electron chi connectivity index (χ0n) is 21.5. The Hall–Kier alpha value is -4.68. The molecule has 4 aromatic carbocycles. The van der Waals surface area contributed by atoms with Crippen LogP contribution in [0.3, 0.4) is 0 Å². The molecule has 2 heterocycles. The third kappa shape index (κ3) is 3.70. The molecule has 0 amide bonds. The molecule has 0 atom stereocenters. The van der Waals surface area contributed by atoms with Crippen molar-refractivity contribution < 1.29 is 8.98 Å². The van der Waals surface area contributed by atoms with E-state index in [4.69, 9.17) is 4.42 Å². The van der Waals surface area contributed by atoms with Crippen LogP contribution in [0, 0.1) is 32.1 Å². The van der Waals surface area contributed by atoms with Crippen LogP contribution in [0.25, 0.3) is 55.4 Å². The quantitative estimate of drug-likeness (QED) is 0.240. The van der Waals surface area contributed by atoms with Gasteiger partial charge in [0.2, 0.25) is 5.69 Å². The fraction of sp³-hybridized carbons (Fsp3) is 0.118. The summed E-state index contributed by atoms with van der Waals surface area (Å²) in [6.45, 7) is 6.34. The molecule has 0 unspecified atom stereocenters. The molecular formula is C34H27N2O+. The van der Waals surface area contributed by atoms with E-state index in [9.17, 15) is 5.26 Å². The van der Waals surface area contributed by atoms with Crippen LogP contribution in [0.15, 0.2) is 95.5 Å². The summed E-state index contributed by atoms with van der Waals surface area (Å²) >= 11 is 0. The number of aryl methyl sites for hydroxylation is 4. The van der Waals surface area contributed by atoms with E-state index in [-0.39, 0.29) is 0 Å². The summed E-state index contributed by atoms with van der Waals surface area (Å²) < 4.78 is 8.88. The molecule has 0 aliphatic heterocycles. The van der Waals surface area contributed by atoms with Crippen LogP contribution < -0.4 is 4.57 Å². The summed E-state index contributed by atoms with van der Waals surface area (Å²) in [4.78, 5) is 0. The zero-order chi connectivity index (χ0) is 25.7. The number of pyridine rings is 1. The van der Waals surface area contributed by atoms with Crippen LogP contribution in [0.2, 0.25) is 0 Å². The summed E-state index contributed by atoms with van der Waals surface area (Å²) in [5.74, 6) is 0. The number of benzene rings is 4. The highest BCUT2D eigenvalue weighted by Crippen LogP contribution is 2.43. The Kier molecular flexibility index (Phi) is 5.39. The third-order valence-corrected chi connectivity index (χ3v) is 7.30. The molecule has 2 aromatic heterocycles. The van der Waals surface area contributed by atoms with Crippen molar-refractivity contribution in [1.29, 1.82) is 5.26 Å². The van der Waals surface area contributed by atoms with Crippen molar-refractivity contribution in [3.63, 3.8) is 0 Å². The number of hydrogen-bond donors (Lipinski definition) is 0. The standard InChI is InChI=1S/C34H27N2O/c1-21-16-17-36(4)30(18-21)31-22(2)10-13-28-29-15-12-26(20-35)32(34(29)37-33(28)31)27-14-11-25(19-23(27)3)24-8-6-5-7-9-24/h5-19H,1-4H3/q+1. The van der Waals surface area contributed by atoms with Gasteiger partial charge in [0.15, 0.2) is 6.20 Å². The minimum Gasteiger partial charge on any atom is -0.454 e. The molecule has 0 N–H and O–H groups in total. The molecule has 0 aliphatic rings. The molecule has 0 saturated heterocycles. The molecule has 3 heteroatoms. The number of hydrogen-bond acceptors (Lipinski definition) is 2. The number of nitriles is 1. The van der Waals surface area contributed by atoms with E-state index in [2.05, 4.69) is 111 Å². The molecule has 178 valence electrons. The summed E-state index contributed by atoms with van der Waals surface area (Å²) in [7, 11) is 2.06. The van der Waals surface area contributed by atoms with Crippen molar-refractivity contribution >= 4 is 21.9 Å². The average Bonchev–Trinajstić information content (AvgIpc) is 3.29. The van der Waals surface area contributed by atoms with Gasteiger partial charge in [0.1, 0.15) is 18.2 Å². The predicted molar refractivity (Wildman–Crippen MR) is 150 cm³/mol. The number of furan rings is 1. The maximum absolute atomic E-state index is 10.1. The zero-order valence-corrected chi connectivity index (χ0v) is 21.5. The second-order valence-electron chi connectivity index (χ2n) is 9.81. The maximum Gasteiger partial charge on any atom is 0.216 e. The Morgan fingerprint density at radius 3 is 2.16 bits per heavy atom. The van der Waals surface area contributed by atoms with E-state index >= 15 is 0 Å². The van der Waals surface area contributed by atoms with Crippen LogP contribution in [0.1, 0.15) is 22.3 Å². The van der Waals surface area contributed by atoms with Gasteiger partial charge in [-0.2, -0.15) is 5.26 Å². The van der Waals surface area contributed by atoms with Crippen LogP contribution >= 0.6 is 0 Å². The summed E-state index contributed by atoms with van der Waals surface area (Å²) in [6, 6.07) is 31.8. The van der Waals surface area contributed by atoms with Crippen LogP contribution in [-0.2, 0) is 7.05 Å². The first-order chi connectivity index (χ1) is 18.0. The second-order valence-corrected chi connectivity index (χ2v) is 9.81. The number of rotatable bonds is 3. The normalized spacial score (nSPS) is 11.2. The first kappa shape index (κ1) is 22.8. The molecule has 6 aromatic rings. The average molecular weight is 480 g/mol. The van der Waals surface area contributed by atoms with Crippen molar-refractivity contribution in [3.05, 3.63) is 113 Å². The fourth-order valence-electron chi connectivity index (χ4n) is 5.36. The molecule has 0 saturated carbocycles. The van der Waals surface area contributed by atoms with E-state index < -0.39 is 0 Å². The van der Waals surface area contributed by atoms with Gasteiger partial charge in [0, 0.05) is 28.5 Å². The molecule has 0 fully saturated rings. The van der Waals surface area contributed by atoms with E-state index in [0.717, 1.165) is 61.0 Å². The van der Waals surface area contributed by atoms with Crippen molar-refractivity contribution in [2.45, 2.75) is 20.8 Å². The summed E-state index contributed by atoms with van der Waals surface area (Å²) in [6.07, 6.45) is 2.09. The smallest absolute Gasteiger partial charge is 0.216 e. The first-order valence-corrected chi connectivity index (χ1v) is 12.5. The van der Waals surface area contributed by atoms with Gasteiger partial charge >= 0.3 is 0 Å². The number of nitrogens with zero attached hydrogens (tertiary/aromatic N) is 2. The fourth-order valence-corrected chi connectivity index (χ4v) is 5.36. The third-order valence-electron chi connectivity index (χ3n) is 7.30. The highest BCUT2D eigenvalue weighted by atomic mass is 16.3. The monoisotopic (exact) mass is 479 g/mol. The van der Waals surface area contributed by atoms with Gasteiger partial charge in [-0.15, -0.1) is 0 Å². The van der Waals surface area contributed by atoms with Crippen molar-refractivity contribution in [3.8, 4) is 39.6 Å². The number of fused-ring (bicyclic) bond motifs is 3. The second kappa shape index (κ2) is 8.76. The summed E-state index contributed by atoms with van der Waals surface area (Å²) in [5, 5.41) is 12.2. The van der Waals surface area contributed by atoms with Gasteiger partial charge in [-0.1, -0.05) is 60.7 Å². The minimum absolute atomic E-state index is 0.613. The lowest BCUT2D eigenvalue weighted by Gasteiger charge is -2.11. The van der Waals surface area contributed by atoms with Gasteiger partial charge in [-0.25, -0.2) is 4.57 Å². The van der Waals surface area contributed by atoms with Crippen LogP contribution in [0.5, 0.6) is 0 Å². The minimum atomic E-state index is 0.613. The topological polar surface area (TPSA) is 40.8 Å². The maximum atomic E-state index is 10.1. The lowest BCUT2D eigenvalue weighted by molar-refractivity contribution is -0.660. The summed E-state index contributed by atoms with van der Waals surface area (Å²) in [5.41, 5.74) is 12.1. The van der Waals surface area contributed by atoms with Gasteiger partial charge in [0.25, 0.3) is 0 Å². The van der Waals surface area contributed by atoms with Gasteiger partial charge in [-0.05, 0) is 66.3 Å². The van der Waals surface area contributed by atoms with E-state index in [1.54, 1.807) is 0 Å². The Labute approximate surface area is 216 Å². The van der Waals surface area contributed by atoms with E-state index in [0.29, 0.717) is 5.56 Å². The molecule has 37 heavy (non-hydrogen) atoms. The molecular weight excluding hydrogens is 452 g/mol. The van der Waals surface area contributed by atoms with Gasteiger partial charge in [-0.3, -0.25) is 0 Å². The highest BCUT2D eigenvalue weighted by Gasteiger charge is 2.23. The van der Waals surface area contributed by atoms with E-state index in [1.807, 2.05) is 18.2 Å². The van der Waals surface area contributed by atoms with Gasteiger partial charge in [0.05, 0.1) is 17.2 Å².